The minimum Gasteiger partial charge on any atom is -0.385 e. The molecular formula is C12H23N5OS. The predicted octanol–water partition coefficient (Wildman–Crippen LogP) is 1.21. The van der Waals surface area contributed by atoms with Gasteiger partial charge in [-0.2, -0.15) is 0 Å². The van der Waals surface area contributed by atoms with E-state index < -0.39 is 0 Å². The van der Waals surface area contributed by atoms with Crippen molar-refractivity contribution in [3.05, 3.63) is 16.1 Å². The van der Waals surface area contributed by atoms with Crippen molar-refractivity contribution in [2.24, 2.45) is 10.8 Å². The molecule has 0 saturated carbocycles. The van der Waals surface area contributed by atoms with Crippen molar-refractivity contribution in [3.63, 3.8) is 0 Å². The van der Waals surface area contributed by atoms with E-state index in [2.05, 4.69) is 27.6 Å². The van der Waals surface area contributed by atoms with Gasteiger partial charge in [-0.05, 0) is 19.8 Å². The van der Waals surface area contributed by atoms with E-state index in [1.54, 1.807) is 18.4 Å². The lowest BCUT2D eigenvalue weighted by atomic mass is 10.3. The van der Waals surface area contributed by atoms with E-state index in [1.165, 1.54) is 4.88 Å². The van der Waals surface area contributed by atoms with Gasteiger partial charge in [0.15, 0.2) is 0 Å². The summed E-state index contributed by atoms with van der Waals surface area (Å²) in [5, 5.41) is 4.26. The average molecular weight is 285 g/mol. The Balaban J connectivity index is 2.49. The van der Waals surface area contributed by atoms with Crippen molar-refractivity contribution >= 4 is 17.3 Å². The van der Waals surface area contributed by atoms with Gasteiger partial charge in [-0.1, -0.05) is 6.92 Å². The molecule has 1 aromatic rings. The Morgan fingerprint density at radius 3 is 3.00 bits per heavy atom. The third kappa shape index (κ3) is 5.54. The van der Waals surface area contributed by atoms with Crippen molar-refractivity contribution in [1.29, 1.82) is 0 Å². The zero-order chi connectivity index (χ0) is 14.1. The fourth-order valence-corrected chi connectivity index (χ4v) is 2.35. The topological polar surface area (TPSA) is 84.6 Å². The van der Waals surface area contributed by atoms with Gasteiger partial charge in [-0.15, -0.1) is 11.3 Å². The van der Waals surface area contributed by atoms with Crippen molar-refractivity contribution < 1.29 is 4.74 Å². The number of nitrogens with two attached hydrogens (primary N) is 1. The molecule has 1 unspecified atom stereocenters. The number of ether oxygens (including phenoxy) is 1. The molecule has 6 nitrogen and oxygen atoms in total. The molecule has 1 aromatic heterocycles. The smallest absolute Gasteiger partial charge is 0.206 e. The van der Waals surface area contributed by atoms with Crippen LogP contribution in [0.15, 0.2) is 11.2 Å². The highest BCUT2D eigenvalue weighted by Crippen LogP contribution is 2.19. The summed E-state index contributed by atoms with van der Waals surface area (Å²) in [7, 11) is 1.68. The summed E-state index contributed by atoms with van der Waals surface area (Å²) >= 11 is 1.71. The lowest BCUT2D eigenvalue weighted by Crippen LogP contribution is -2.42. The van der Waals surface area contributed by atoms with Gasteiger partial charge in [-0.3, -0.25) is 10.4 Å². The Hall–Kier alpha value is -1.18. The number of thiazole rings is 1. The monoisotopic (exact) mass is 285 g/mol. The zero-order valence-electron chi connectivity index (χ0n) is 11.8. The van der Waals surface area contributed by atoms with E-state index in [9.17, 15) is 0 Å². The summed E-state index contributed by atoms with van der Waals surface area (Å²) in [6.45, 7) is 5.54. The Bertz CT molecular complexity index is 393. The molecule has 4 N–H and O–H groups in total. The van der Waals surface area contributed by atoms with Gasteiger partial charge in [0.1, 0.15) is 5.01 Å². The van der Waals surface area contributed by atoms with Crippen molar-refractivity contribution in [1.82, 2.24) is 15.7 Å². The first-order valence-electron chi connectivity index (χ1n) is 6.42. The number of hydrazine groups is 1. The third-order valence-electron chi connectivity index (χ3n) is 2.56. The average Bonchev–Trinajstić information content (AvgIpc) is 2.91. The predicted molar refractivity (Wildman–Crippen MR) is 79.2 cm³/mol. The molecule has 7 heteroatoms. The molecule has 108 valence electrons. The maximum atomic E-state index is 5.45. The van der Waals surface area contributed by atoms with Crippen LogP contribution >= 0.6 is 11.3 Å². The maximum Gasteiger partial charge on any atom is 0.206 e. The number of hydrogen-bond acceptors (Lipinski definition) is 5. The summed E-state index contributed by atoms with van der Waals surface area (Å²) in [4.78, 5) is 10.0. The number of rotatable bonds is 7. The second-order valence-electron chi connectivity index (χ2n) is 4.11. The minimum absolute atomic E-state index is 0.0857. The molecule has 0 radical (unpaired) electrons. The van der Waals surface area contributed by atoms with Gasteiger partial charge >= 0.3 is 0 Å². The van der Waals surface area contributed by atoms with Crippen LogP contribution < -0.4 is 16.6 Å². The van der Waals surface area contributed by atoms with E-state index in [-0.39, 0.29) is 6.04 Å². The first-order chi connectivity index (χ1) is 9.21. The molecule has 0 aromatic carbocycles. The molecule has 1 heterocycles. The van der Waals surface area contributed by atoms with Crippen molar-refractivity contribution in [2.45, 2.75) is 32.7 Å². The SMILES string of the molecule is CCc1cnc(C(C)NC(=NCCCOC)NN)s1. The lowest BCUT2D eigenvalue weighted by molar-refractivity contribution is 0.197. The second-order valence-corrected chi connectivity index (χ2v) is 5.25. The number of aryl methyl sites for hydroxylation is 1. The van der Waals surface area contributed by atoms with Gasteiger partial charge in [-0.25, -0.2) is 10.8 Å². The van der Waals surface area contributed by atoms with Crippen LogP contribution in [0.25, 0.3) is 0 Å². The van der Waals surface area contributed by atoms with Crippen molar-refractivity contribution in [3.8, 4) is 0 Å². The molecule has 0 aliphatic rings. The standard InChI is InChI=1S/C12H23N5OS/c1-4-10-8-15-11(19-10)9(2)16-12(17-13)14-6-5-7-18-3/h8-9H,4-7,13H2,1-3H3,(H2,14,16,17). The van der Waals surface area contributed by atoms with Crippen LogP contribution in [0.1, 0.15) is 36.2 Å². The number of nitrogens with one attached hydrogen (secondary N) is 2. The van der Waals surface area contributed by atoms with Gasteiger partial charge in [0.25, 0.3) is 0 Å². The molecule has 19 heavy (non-hydrogen) atoms. The van der Waals surface area contributed by atoms with Crippen LogP contribution in [0.3, 0.4) is 0 Å². The van der Waals surface area contributed by atoms with E-state index in [4.69, 9.17) is 10.6 Å². The molecule has 0 aliphatic carbocycles. The zero-order valence-corrected chi connectivity index (χ0v) is 12.6. The number of nitrogens with zero attached hydrogens (tertiary/aromatic N) is 2. The summed E-state index contributed by atoms with van der Waals surface area (Å²) in [5.41, 5.74) is 2.58. The van der Waals surface area contributed by atoms with E-state index in [1.807, 2.05) is 13.1 Å². The Morgan fingerprint density at radius 2 is 2.42 bits per heavy atom. The van der Waals surface area contributed by atoms with E-state index in [0.717, 1.165) is 17.8 Å². The van der Waals surface area contributed by atoms with Crippen LogP contribution in [0.4, 0.5) is 0 Å². The molecule has 0 spiro atoms. The number of aromatic nitrogens is 1. The second kappa shape index (κ2) is 8.84. The maximum absolute atomic E-state index is 5.45. The summed E-state index contributed by atoms with van der Waals surface area (Å²) in [5.74, 6) is 6.03. The molecular weight excluding hydrogens is 262 g/mol. The molecule has 1 rings (SSSR count). The summed E-state index contributed by atoms with van der Waals surface area (Å²) in [6.07, 6.45) is 3.80. The Kier molecular flexibility index (Phi) is 7.39. The summed E-state index contributed by atoms with van der Waals surface area (Å²) < 4.78 is 4.97. The van der Waals surface area contributed by atoms with Crippen molar-refractivity contribution in [2.75, 3.05) is 20.3 Å². The van der Waals surface area contributed by atoms with Crippen LogP contribution in [-0.2, 0) is 11.2 Å². The minimum atomic E-state index is 0.0857. The highest BCUT2D eigenvalue weighted by Gasteiger charge is 2.11. The van der Waals surface area contributed by atoms with Gasteiger partial charge in [0, 0.05) is 31.3 Å². The highest BCUT2D eigenvalue weighted by molar-refractivity contribution is 7.11. The Morgan fingerprint density at radius 1 is 1.63 bits per heavy atom. The number of guanidine groups is 1. The fourth-order valence-electron chi connectivity index (χ4n) is 1.49. The third-order valence-corrected chi connectivity index (χ3v) is 3.88. The normalized spacial score (nSPS) is 13.4. The number of aliphatic imine (C=N–C) groups is 1. The number of methoxy groups -OCH3 is 1. The highest BCUT2D eigenvalue weighted by atomic mass is 32.1. The molecule has 0 fully saturated rings. The fraction of sp³-hybridized carbons (Fsp3) is 0.667. The first kappa shape index (κ1) is 15.9. The quantitative estimate of drug-likeness (QED) is 0.230. The van der Waals surface area contributed by atoms with Gasteiger partial charge in [0.05, 0.1) is 6.04 Å². The number of hydrogen-bond donors (Lipinski definition) is 3. The van der Waals surface area contributed by atoms with E-state index >= 15 is 0 Å². The molecule has 0 bridgehead atoms. The lowest BCUT2D eigenvalue weighted by Gasteiger charge is -2.14. The Labute approximate surface area is 118 Å². The van der Waals surface area contributed by atoms with Crippen LogP contribution in [0.5, 0.6) is 0 Å². The van der Waals surface area contributed by atoms with Crippen LogP contribution in [-0.4, -0.2) is 31.2 Å². The molecule has 1 atom stereocenters. The van der Waals surface area contributed by atoms with Gasteiger partial charge < -0.3 is 10.1 Å². The molecule has 0 saturated heterocycles. The van der Waals surface area contributed by atoms with Crippen LogP contribution in [0.2, 0.25) is 0 Å². The van der Waals surface area contributed by atoms with Gasteiger partial charge in [0.2, 0.25) is 5.96 Å². The summed E-state index contributed by atoms with van der Waals surface area (Å²) in [6, 6.07) is 0.0857. The molecule has 0 aliphatic heterocycles. The largest absolute Gasteiger partial charge is 0.385 e. The van der Waals surface area contributed by atoms with Crippen LogP contribution in [0, 0.1) is 0 Å². The van der Waals surface area contributed by atoms with E-state index in [0.29, 0.717) is 19.1 Å². The molecule has 0 amide bonds. The first-order valence-corrected chi connectivity index (χ1v) is 7.24.